The zero-order valence-corrected chi connectivity index (χ0v) is 9.17. The molecule has 0 aliphatic carbocycles. The second-order valence-corrected chi connectivity index (χ2v) is 2.94. The van der Waals surface area contributed by atoms with Crippen molar-refractivity contribution in [2.75, 3.05) is 13.7 Å². The third-order valence-electron chi connectivity index (χ3n) is 1.88. The highest BCUT2D eigenvalue weighted by molar-refractivity contribution is 5.55. The lowest BCUT2D eigenvalue weighted by Crippen LogP contribution is -1.95. The second kappa shape index (κ2) is 5.75. The van der Waals surface area contributed by atoms with Crippen molar-refractivity contribution in [2.45, 2.75) is 6.92 Å². The van der Waals surface area contributed by atoms with Gasteiger partial charge in [0, 0.05) is 6.08 Å². The summed E-state index contributed by atoms with van der Waals surface area (Å²) in [5.74, 6) is 1.19. The molecule has 0 unspecified atom stereocenters. The number of hydrogen-bond acceptors (Lipinski definition) is 4. The van der Waals surface area contributed by atoms with Crippen LogP contribution in [0.1, 0.15) is 12.5 Å². The van der Waals surface area contributed by atoms with Gasteiger partial charge in [0.05, 0.1) is 18.6 Å². The Kier molecular flexibility index (Phi) is 4.32. The fourth-order valence-electron chi connectivity index (χ4n) is 1.21. The molecule has 1 aromatic carbocycles. The number of nitrogens with zero attached hydrogens (tertiary/aromatic N) is 1. The van der Waals surface area contributed by atoms with E-state index in [1.807, 2.05) is 6.92 Å². The van der Waals surface area contributed by atoms with E-state index in [0.717, 1.165) is 6.20 Å². The van der Waals surface area contributed by atoms with E-state index >= 15 is 0 Å². The van der Waals surface area contributed by atoms with Crippen LogP contribution in [0.25, 0.3) is 6.08 Å². The summed E-state index contributed by atoms with van der Waals surface area (Å²) in [6.07, 6.45) is 2.29. The van der Waals surface area contributed by atoms with Gasteiger partial charge in [-0.25, -0.2) is 0 Å². The van der Waals surface area contributed by atoms with Crippen molar-refractivity contribution < 1.29 is 14.4 Å². The van der Waals surface area contributed by atoms with Gasteiger partial charge in [0.1, 0.15) is 0 Å². The SMILES string of the molecule is CCOc1ccc(/C=C\[N+](=O)[O-])cc1OC. The first-order chi connectivity index (χ1) is 7.67. The molecule has 0 N–H and O–H groups in total. The van der Waals surface area contributed by atoms with E-state index in [0.29, 0.717) is 23.7 Å². The molecule has 0 radical (unpaired) electrons. The molecule has 0 atom stereocenters. The van der Waals surface area contributed by atoms with Crippen LogP contribution < -0.4 is 9.47 Å². The maximum Gasteiger partial charge on any atom is 0.235 e. The largest absolute Gasteiger partial charge is 0.493 e. The van der Waals surface area contributed by atoms with Crippen molar-refractivity contribution in [1.29, 1.82) is 0 Å². The molecule has 0 saturated heterocycles. The molecule has 0 saturated carbocycles. The maximum absolute atomic E-state index is 10.2. The third kappa shape index (κ3) is 3.27. The van der Waals surface area contributed by atoms with Gasteiger partial charge < -0.3 is 9.47 Å². The molecule has 5 nitrogen and oxygen atoms in total. The molecular weight excluding hydrogens is 210 g/mol. The van der Waals surface area contributed by atoms with Gasteiger partial charge in [-0.1, -0.05) is 6.07 Å². The summed E-state index contributed by atoms with van der Waals surface area (Å²) in [5.41, 5.74) is 0.692. The lowest BCUT2D eigenvalue weighted by Gasteiger charge is -2.09. The van der Waals surface area contributed by atoms with Crippen LogP contribution in [-0.2, 0) is 0 Å². The second-order valence-electron chi connectivity index (χ2n) is 2.94. The average Bonchev–Trinajstić information content (AvgIpc) is 2.28. The average molecular weight is 223 g/mol. The van der Waals surface area contributed by atoms with Crippen LogP contribution in [0.2, 0.25) is 0 Å². The zero-order valence-electron chi connectivity index (χ0n) is 9.17. The molecule has 1 rings (SSSR count). The molecule has 0 aromatic heterocycles. The van der Waals surface area contributed by atoms with Crippen molar-refractivity contribution in [3.63, 3.8) is 0 Å². The number of ether oxygens (including phenoxy) is 2. The summed E-state index contributed by atoms with van der Waals surface area (Å²) in [6.45, 7) is 2.42. The van der Waals surface area contributed by atoms with Crippen LogP contribution in [0.4, 0.5) is 0 Å². The molecule has 5 heteroatoms. The van der Waals surface area contributed by atoms with Gasteiger partial charge in [-0.2, -0.15) is 0 Å². The summed E-state index contributed by atoms with van der Waals surface area (Å²) in [6, 6.07) is 5.14. The van der Waals surface area contributed by atoms with E-state index in [2.05, 4.69) is 0 Å². The molecule has 0 spiro atoms. The number of nitro groups is 1. The van der Waals surface area contributed by atoms with Crippen LogP contribution in [-0.4, -0.2) is 18.6 Å². The monoisotopic (exact) mass is 223 g/mol. The predicted molar refractivity (Wildman–Crippen MR) is 60.2 cm³/mol. The van der Waals surface area contributed by atoms with E-state index in [-0.39, 0.29) is 0 Å². The Bertz CT molecular complexity index is 401. The van der Waals surface area contributed by atoms with Crippen LogP contribution in [0.5, 0.6) is 11.5 Å². The van der Waals surface area contributed by atoms with Gasteiger partial charge in [-0.15, -0.1) is 0 Å². The van der Waals surface area contributed by atoms with Crippen molar-refractivity contribution >= 4 is 6.08 Å². The van der Waals surface area contributed by atoms with E-state index < -0.39 is 4.92 Å². The van der Waals surface area contributed by atoms with Crippen molar-refractivity contribution in [1.82, 2.24) is 0 Å². The zero-order chi connectivity index (χ0) is 12.0. The summed E-state index contributed by atoms with van der Waals surface area (Å²) in [4.78, 5) is 9.65. The number of benzene rings is 1. The molecule has 0 bridgehead atoms. The fraction of sp³-hybridized carbons (Fsp3) is 0.273. The normalized spacial score (nSPS) is 10.4. The van der Waals surface area contributed by atoms with Gasteiger partial charge in [0.15, 0.2) is 11.5 Å². The van der Waals surface area contributed by atoms with Crippen LogP contribution in [0.3, 0.4) is 0 Å². The molecule has 0 aliphatic heterocycles. The van der Waals surface area contributed by atoms with Crippen LogP contribution >= 0.6 is 0 Å². The highest BCUT2D eigenvalue weighted by Gasteiger charge is 2.04. The Labute approximate surface area is 93.4 Å². The van der Waals surface area contributed by atoms with E-state index in [9.17, 15) is 10.1 Å². The summed E-state index contributed by atoms with van der Waals surface area (Å²) >= 11 is 0. The highest BCUT2D eigenvalue weighted by Crippen LogP contribution is 2.28. The Balaban J connectivity index is 2.94. The van der Waals surface area contributed by atoms with E-state index in [4.69, 9.17) is 9.47 Å². The Hall–Kier alpha value is -2.04. The third-order valence-corrected chi connectivity index (χ3v) is 1.88. The number of methoxy groups -OCH3 is 1. The van der Waals surface area contributed by atoms with Gasteiger partial charge in [-0.05, 0) is 24.6 Å². The van der Waals surface area contributed by atoms with Crippen molar-refractivity contribution in [3.8, 4) is 11.5 Å². The van der Waals surface area contributed by atoms with Gasteiger partial charge in [0.2, 0.25) is 6.20 Å². The maximum atomic E-state index is 10.2. The quantitative estimate of drug-likeness (QED) is 0.567. The Morgan fingerprint density at radius 3 is 2.75 bits per heavy atom. The minimum absolute atomic E-state index is 0.511. The summed E-state index contributed by atoms with van der Waals surface area (Å²) in [5, 5.41) is 10.2. The highest BCUT2D eigenvalue weighted by atomic mass is 16.6. The first-order valence-electron chi connectivity index (χ1n) is 4.80. The molecular formula is C11H13NO4. The summed E-state index contributed by atoms with van der Waals surface area (Å²) < 4.78 is 10.4. The lowest BCUT2D eigenvalue weighted by molar-refractivity contribution is -0.400. The van der Waals surface area contributed by atoms with Crippen LogP contribution in [0.15, 0.2) is 24.4 Å². The molecule has 0 aliphatic rings. The first kappa shape index (κ1) is 12.0. The van der Waals surface area contributed by atoms with Gasteiger partial charge in [-0.3, -0.25) is 10.1 Å². The minimum atomic E-state index is -0.511. The standard InChI is InChI=1S/C11H13NO4/c1-3-16-10-5-4-9(6-7-12(13)14)8-11(10)15-2/h4-8H,3H2,1-2H3/b7-6-. The van der Waals surface area contributed by atoms with Gasteiger partial charge in [0.25, 0.3) is 0 Å². The van der Waals surface area contributed by atoms with E-state index in [1.165, 1.54) is 13.2 Å². The smallest absolute Gasteiger partial charge is 0.235 e. The minimum Gasteiger partial charge on any atom is -0.493 e. The molecule has 1 aromatic rings. The lowest BCUT2D eigenvalue weighted by atomic mass is 10.2. The molecule has 16 heavy (non-hydrogen) atoms. The van der Waals surface area contributed by atoms with Gasteiger partial charge >= 0.3 is 0 Å². The predicted octanol–water partition coefficient (Wildman–Crippen LogP) is 2.34. The Morgan fingerprint density at radius 2 is 2.19 bits per heavy atom. The Morgan fingerprint density at radius 1 is 1.44 bits per heavy atom. The molecule has 0 amide bonds. The number of rotatable bonds is 5. The molecule has 0 heterocycles. The van der Waals surface area contributed by atoms with E-state index in [1.54, 1.807) is 18.2 Å². The topological polar surface area (TPSA) is 61.6 Å². The van der Waals surface area contributed by atoms with Crippen molar-refractivity contribution in [3.05, 3.63) is 40.1 Å². The molecule has 86 valence electrons. The van der Waals surface area contributed by atoms with Crippen molar-refractivity contribution in [2.24, 2.45) is 0 Å². The molecule has 0 fully saturated rings. The van der Waals surface area contributed by atoms with Crippen LogP contribution in [0, 0.1) is 10.1 Å². The number of hydrogen-bond donors (Lipinski definition) is 0. The summed E-state index contributed by atoms with van der Waals surface area (Å²) in [7, 11) is 1.53. The fourth-order valence-corrected chi connectivity index (χ4v) is 1.21. The first-order valence-corrected chi connectivity index (χ1v) is 4.80.